The summed E-state index contributed by atoms with van der Waals surface area (Å²) in [6, 6.07) is 8.55. The first-order chi connectivity index (χ1) is 7.36. The highest BCUT2D eigenvalue weighted by molar-refractivity contribution is 7.17. The Morgan fingerprint density at radius 2 is 2.13 bits per heavy atom. The molecule has 1 aliphatic rings. The van der Waals surface area contributed by atoms with Gasteiger partial charge < -0.3 is 10.1 Å². The van der Waals surface area contributed by atoms with Gasteiger partial charge in [0.05, 0.1) is 18.8 Å². The zero-order valence-electron chi connectivity index (χ0n) is 8.62. The van der Waals surface area contributed by atoms with Gasteiger partial charge in [0, 0.05) is 4.70 Å². The number of hydrogen-bond acceptors (Lipinski definition) is 3. The van der Waals surface area contributed by atoms with Crippen molar-refractivity contribution in [3.63, 3.8) is 0 Å². The first-order valence-corrected chi connectivity index (χ1v) is 5.97. The maximum absolute atomic E-state index is 5.34. The molecule has 0 aliphatic carbocycles. The van der Waals surface area contributed by atoms with Gasteiger partial charge in [0.15, 0.2) is 0 Å². The molecule has 2 aromatic rings. The van der Waals surface area contributed by atoms with Crippen LogP contribution in [0.15, 0.2) is 29.6 Å². The molecule has 3 rings (SSSR count). The largest absolute Gasteiger partial charge is 0.377 e. The van der Waals surface area contributed by atoms with Crippen molar-refractivity contribution in [3.05, 3.63) is 35.2 Å². The minimum Gasteiger partial charge on any atom is -0.377 e. The number of fused-ring (bicyclic) bond motifs is 1. The minimum atomic E-state index is 0.0552. The molecule has 0 atom stereocenters. The van der Waals surface area contributed by atoms with E-state index in [1.54, 1.807) is 0 Å². The lowest BCUT2D eigenvalue weighted by molar-refractivity contribution is -0.0738. The smallest absolute Gasteiger partial charge is 0.0920 e. The van der Waals surface area contributed by atoms with Gasteiger partial charge in [-0.1, -0.05) is 18.2 Å². The molecule has 0 spiro atoms. The topological polar surface area (TPSA) is 21.3 Å². The molecule has 0 bridgehead atoms. The van der Waals surface area contributed by atoms with Crippen LogP contribution in [-0.2, 0) is 10.3 Å². The Labute approximate surface area is 92.9 Å². The lowest BCUT2D eigenvalue weighted by Gasteiger charge is -2.41. The van der Waals surface area contributed by atoms with Gasteiger partial charge in [-0.2, -0.15) is 0 Å². The summed E-state index contributed by atoms with van der Waals surface area (Å²) in [5, 5.41) is 7.01. The van der Waals surface area contributed by atoms with Gasteiger partial charge in [0.2, 0.25) is 0 Å². The standard InChI is InChI=1S/C12H13NOS/c1-13-12(7-14-8-12)10-6-15-11-5-3-2-4-9(10)11/h2-6,13H,7-8H2,1H3. The molecular formula is C12H13NOS. The van der Waals surface area contributed by atoms with E-state index in [1.807, 2.05) is 18.4 Å². The molecule has 0 unspecified atom stereocenters. The van der Waals surface area contributed by atoms with Crippen molar-refractivity contribution in [1.82, 2.24) is 5.32 Å². The van der Waals surface area contributed by atoms with Gasteiger partial charge in [-0.05, 0) is 29.4 Å². The average Bonchev–Trinajstić information content (AvgIpc) is 2.62. The van der Waals surface area contributed by atoms with Gasteiger partial charge in [0.1, 0.15) is 0 Å². The van der Waals surface area contributed by atoms with Crippen molar-refractivity contribution < 1.29 is 4.74 Å². The van der Waals surface area contributed by atoms with E-state index < -0.39 is 0 Å². The summed E-state index contributed by atoms with van der Waals surface area (Å²) in [4.78, 5) is 0. The quantitative estimate of drug-likeness (QED) is 0.837. The summed E-state index contributed by atoms with van der Waals surface area (Å²) < 4.78 is 6.70. The fourth-order valence-corrected chi connectivity index (χ4v) is 3.15. The number of benzene rings is 1. The Morgan fingerprint density at radius 1 is 1.33 bits per heavy atom. The van der Waals surface area contributed by atoms with E-state index in [0.29, 0.717) is 0 Å². The molecule has 1 fully saturated rings. The number of rotatable bonds is 2. The predicted octanol–water partition coefficient (Wildman–Crippen LogP) is 2.35. The average molecular weight is 219 g/mol. The van der Waals surface area contributed by atoms with Crippen molar-refractivity contribution in [1.29, 1.82) is 0 Å². The molecule has 2 heterocycles. The molecule has 0 radical (unpaired) electrons. The first-order valence-electron chi connectivity index (χ1n) is 5.09. The Bertz CT molecular complexity index is 482. The van der Waals surface area contributed by atoms with Crippen molar-refractivity contribution >= 4 is 21.4 Å². The molecule has 1 N–H and O–H groups in total. The molecule has 15 heavy (non-hydrogen) atoms. The summed E-state index contributed by atoms with van der Waals surface area (Å²) in [7, 11) is 2.01. The van der Waals surface area contributed by atoms with Crippen LogP contribution in [-0.4, -0.2) is 20.3 Å². The Kier molecular flexibility index (Phi) is 2.06. The summed E-state index contributed by atoms with van der Waals surface area (Å²) in [5.74, 6) is 0. The van der Waals surface area contributed by atoms with Gasteiger partial charge in [0.25, 0.3) is 0 Å². The van der Waals surface area contributed by atoms with Crippen LogP contribution in [0.25, 0.3) is 10.1 Å². The van der Waals surface area contributed by atoms with Gasteiger partial charge >= 0.3 is 0 Å². The van der Waals surface area contributed by atoms with Crippen LogP contribution in [0.2, 0.25) is 0 Å². The zero-order chi connectivity index (χ0) is 10.3. The van der Waals surface area contributed by atoms with Crippen molar-refractivity contribution in [3.8, 4) is 0 Å². The monoisotopic (exact) mass is 219 g/mol. The van der Waals surface area contributed by atoms with Gasteiger partial charge in [-0.3, -0.25) is 0 Å². The van der Waals surface area contributed by atoms with Crippen molar-refractivity contribution in [2.45, 2.75) is 5.54 Å². The minimum absolute atomic E-state index is 0.0552. The molecule has 3 heteroatoms. The number of ether oxygens (including phenoxy) is 1. The van der Waals surface area contributed by atoms with E-state index in [9.17, 15) is 0 Å². The van der Waals surface area contributed by atoms with E-state index in [4.69, 9.17) is 4.74 Å². The molecule has 1 aromatic heterocycles. The van der Waals surface area contributed by atoms with Crippen LogP contribution in [0.5, 0.6) is 0 Å². The summed E-state index contributed by atoms with van der Waals surface area (Å²) >= 11 is 1.81. The molecular weight excluding hydrogens is 206 g/mol. The lowest BCUT2D eigenvalue weighted by Crippen LogP contribution is -2.55. The third-order valence-corrected chi connectivity index (χ3v) is 4.14. The second kappa shape index (κ2) is 3.30. The summed E-state index contributed by atoms with van der Waals surface area (Å²) in [6.45, 7) is 1.56. The molecule has 2 nitrogen and oxygen atoms in total. The SMILES string of the molecule is CNC1(c2csc3ccccc23)COC1. The lowest BCUT2D eigenvalue weighted by atomic mass is 9.88. The van der Waals surface area contributed by atoms with E-state index in [1.165, 1.54) is 15.6 Å². The number of hydrogen-bond donors (Lipinski definition) is 1. The fourth-order valence-electron chi connectivity index (χ4n) is 2.09. The second-order valence-corrected chi connectivity index (χ2v) is 4.88. The fraction of sp³-hybridized carbons (Fsp3) is 0.333. The maximum atomic E-state index is 5.34. The number of thiophene rings is 1. The van der Waals surface area contributed by atoms with E-state index in [-0.39, 0.29) is 5.54 Å². The Hall–Kier alpha value is -0.900. The molecule has 1 aliphatic heterocycles. The summed E-state index contributed by atoms with van der Waals surface area (Å²) in [6.07, 6.45) is 0. The van der Waals surface area contributed by atoms with E-state index in [0.717, 1.165) is 13.2 Å². The predicted molar refractivity (Wildman–Crippen MR) is 63.4 cm³/mol. The van der Waals surface area contributed by atoms with Crippen LogP contribution in [0.1, 0.15) is 5.56 Å². The first kappa shape index (κ1) is 9.33. The highest BCUT2D eigenvalue weighted by Crippen LogP contribution is 2.37. The van der Waals surface area contributed by atoms with E-state index >= 15 is 0 Å². The molecule has 0 amide bonds. The Balaban J connectivity index is 2.18. The molecule has 1 saturated heterocycles. The number of likely N-dealkylation sites (N-methyl/N-ethyl adjacent to an activating group) is 1. The van der Waals surface area contributed by atoms with Crippen molar-refractivity contribution in [2.75, 3.05) is 20.3 Å². The zero-order valence-corrected chi connectivity index (χ0v) is 9.43. The normalized spacial score (nSPS) is 19.0. The maximum Gasteiger partial charge on any atom is 0.0920 e. The van der Waals surface area contributed by atoms with Crippen LogP contribution in [0.3, 0.4) is 0 Å². The number of nitrogens with one attached hydrogen (secondary N) is 1. The van der Waals surface area contributed by atoms with Crippen LogP contribution in [0, 0.1) is 0 Å². The third kappa shape index (κ3) is 1.24. The van der Waals surface area contributed by atoms with E-state index in [2.05, 4.69) is 35.0 Å². The molecule has 78 valence electrons. The Morgan fingerprint density at radius 3 is 2.80 bits per heavy atom. The van der Waals surface area contributed by atoms with Crippen LogP contribution in [0.4, 0.5) is 0 Å². The molecule has 1 aromatic carbocycles. The van der Waals surface area contributed by atoms with Gasteiger partial charge in [-0.25, -0.2) is 0 Å². The summed E-state index contributed by atoms with van der Waals surface area (Å²) in [5.41, 5.74) is 1.44. The second-order valence-electron chi connectivity index (χ2n) is 3.97. The van der Waals surface area contributed by atoms with Gasteiger partial charge in [-0.15, -0.1) is 11.3 Å². The highest BCUT2D eigenvalue weighted by Gasteiger charge is 2.40. The molecule has 0 saturated carbocycles. The van der Waals surface area contributed by atoms with Crippen molar-refractivity contribution in [2.24, 2.45) is 0 Å². The highest BCUT2D eigenvalue weighted by atomic mass is 32.1. The third-order valence-electron chi connectivity index (χ3n) is 3.17. The van der Waals surface area contributed by atoms with Crippen LogP contribution >= 0.6 is 11.3 Å². The van der Waals surface area contributed by atoms with Crippen LogP contribution < -0.4 is 5.32 Å².